The molecule has 0 radical (unpaired) electrons. The summed E-state index contributed by atoms with van der Waals surface area (Å²) in [6.07, 6.45) is 2.12. The molecule has 30 heavy (non-hydrogen) atoms. The Kier molecular flexibility index (Phi) is 4.14. The number of hydrogen-bond donors (Lipinski definition) is 0. The average molecular weight is 402 g/mol. The lowest BCUT2D eigenvalue weighted by Gasteiger charge is -2.40. The Morgan fingerprint density at radius 2 is 1.57 bits per heavy atom. The van der Waals surface area contributed by atoms with Crippen molar-refractivity contribution in [2.45, 2.75) is 39.7 Å². The van der Waals surface area contributed by atoms with Gasteiger partial charge in [-0.2, -0.15) is 0 Å². The van der Waals surface area contributed by atoms with Gasteiger partial charge in [0.15, 0.2) is 0 Å². The molecule has 5 rings (SSSR count). The van der Waals surface area contributed by atoms with Gasteiger partial charge in [-0.1, -0.05) is 32.9 Å². The summed E-state index contributed by atoms with van der Waals surface area (Å²) in [5.74, 6) is 0.558. The van der Waals surface area contributed by atoms with E-state index in [1.54, 1.807) is 48.5 Å². The second-order valence-corrected chi connectivity index (χ2v) is 9.63. The Hall–Kier alpha value is -2.95. The van der Waals surface area contributed by atoms with E-state index in [9.17, 15) is 14.4 Å². The molecule has 2 aliphatic heterocycles. The maximum absolute atomic E-state index is 13.2. The minimum absolute atomic E-state index is 0.0429. The molecule has 2 fully saturated rings. The molecule has 1 saturated carbocycles. The quantitative estimate of drug-likeness (QED) is 0.701. The standard InChI is InChI=1S/C25H26N2O3/c1-15-17-12-19(13-25(15,2)3)26(14-17)22(28)16-8-10-18(11-9-16)27-23(29)20-6-4-5-7-21(20)24(27)30/h4-11,15,17,19H,12-14H2,1-3H3/t15-,17-,19+/m1/s1. The summed E-state index contributed by atoms with van der Waals surface area (Å²) >= 11 is 0. The van der Waals surface area contributed by atoms with Gasteiger partial charge in [-0.15, -0.1) is 0 Å². The van der Waals surface area contributed by atoms with E-state index in [2.05, 4.69) is 20.8 Å². The highest BCUT2D eigenvalue weighted by Crippen LogP contribution is 2.49. The molecular weight excluding hydrogens is 376 g/mol. The third-order valence-electron chi connectivity index (χ3n) is 7.58. The molecule has 3 atom stereocenters. The van der Waals surface area contributed by atoms with Crippen LogP contribution in [0, 0.1) is 17.3 Å². The van der Waals surface area contributed by atoms with Crippen LogP contribution < -0.4 is 4.90 Å². The van der Waals surface area contributed by atoms with E-state index in [-0.39, 0.29) is 23.1 Å². The Labute approximate surface area is 176 Å². The zero-order valence-electron chi connectivity index (χ0n) is 17.6. The summed E-state index contributed by atoms with van der Waals surface area (Å²) in [6.45, 7) is 7.74. The van der Waals surface area contributed by atoms with Crippen LogP contribution >= 0.6 is 0 Å². The first-order valence-electron chi connectivity index (χ1n) is 10.7. The molecule has 2 aromatic carbocycles. The smallest absolute Gasteiger partial charge is 0.266 e. The number of likely N-dealkylation sites (tertiary alicyclic amines) is 1. The van der Waals surface area contributed by atoms with Gasteiger partial charge in [0.1, 0.15) is 0 Å². The normalized spacial score (nSPS) is 26.8. The van der Waals surface area contributed by atoms with Crippen LogP contribution in [0.15, 0.2) is 48.5 Å². The number of rotatable bonds is 2. The number of amides is 3. The summed E-state index contributed by atoms with van der Waals surface area (Å²) in [5, 5.41) is 0. The number of carbonyl (C=O) groups excluding carboxylic acids is 3. The number of benzene rings is 2. The van der Waals surface area contributed by atoms with Gasteiger partial charge in [0, 0.05) is 18.2 Å². The van der Waals surface area contributed by atoms with Crippen LogP contribution in [0.25, 0.3) is 0 Å². The summed E-state index contributed by atoms with van der Waals surface area (Å²) in [4.78, 5) is 41.8. The second-order valence-electron chi connectivity index (χ2n) is 9.63. The SMILES string of the molecule is C[C@@H]1[C@@H]2C[C@@H](CC1(C)C)N(C(=O)c1ccc(N3C(=O)c4ccccc4C3=O)cc1)C2. The van der Waals surface area contributed by atoms with Crippen LogP contribution in [-0.4, -0.2) is 35.2 Å². The van der Waals surface area contributed by atoms with E-state index in [0.29, 0.717) is 40.3 Å². The van der Waals surface area contributed by atoms with Crippen molar-refractivity contribution in [2.24, 2.45) is 17.3 Å². The van der Waals surface area contributed by atoms with Crippen molar-refractivity contribution in [1.82, 2.24) is 4.90 Å². The predicted octanol–water partition coefficient (Wildman–Crippen LogP) is 4.38. The minimum atomic E-state index is -0.320. The van der Waals surface area contributed by atoms with Crippen LogP contribution in [-0.2, 0) is 0 Å². The number of carbonyl (C=O) groups is 3. The van der Waals surface area contributed by atoms with Gasteiger partial charge in [-0.05, 0) is 66.5 Å². The van der Waals surface area contributed by atoms with Crippen LogP contribution in [0.2, 0.25) is 0 Å². The van der Waals surface area contributed by atoms with Crippen LogP contribution in [0.4, 0.5) is 5.69 Å². The fourth-order valence-electron chi connectivity index (χ4n) is 5.53. The maximum atomic E-state index is 13.2. The molecular formula is C25H26N2O3. The third kappa shape index (κ3) is 2.72. The fraction of sp³-hybridized carbons (Fsp3) is 0.400. The lowest BCUT2D eigenvalue weighted by Crippen LogP contribution is -2.39. The van der Waals surface area contributed by atoms with Crippen molar-refractivity contribution in [3.05, 3.63) is 65.2 Å². The van der Waals surface area contributed by atoms with Gasteiger partial charge in [0.2, 0.25) is 0 Å². The number of nitrogens with zero attached hydrogens (tertiary/aromatic N) is 2. The third-order valence-corrected chi connectivity index (χ3v) is 7.58. The Bertz CT molecular complexity index is 1020. The summed E-state index contributed by atoms with van der Waals surface area (Å²) in [7, 11) is 0. The van der Waals surface area contributed by atoms with Gasteiger partial charge in [0.25, 0.3) is 17.7 Å². The van der Waals surface area contributed by atoms with E-state index < -0.39 is 0 Å². The molecule has 0 unspecified atom stereocenters. The zero-order valence-corrected chi connectivity index (χ0v) is 17.6. The number of anilines is 1. The lowest BCUT2D eigenvalue weighted by molar-refractivity contribution is 0.0677. The second kappa shape index (κ2) is 6.53. The molecule has 2 aromatic rings. The molecule has 3 amide bonds. The number of imide groups is 1. The van der Waals surface area contributed by atoms with E-state index in [1.807, 2.05) is 4.90 Å². The molecule has 1 aliphatic carbocycles. The van der Waals surface area contributed by atoms with Crippen molar-refractivity contribution >= 4 is 23.4 Å². The molecule has 154 valence electrons. The van der Waals surface area contributed by atoms with Gasteiger partial charge in [0.05, 0.1) is 16.8 Å². The highest BCUT2D eigenvalue weighted by atomic mass is 16.2. The minimum Gasteiger partial charge on any atom is -0.335 e. The Morgan fingerprint density at radius 1 is 0.967 bits per heavy atom. The van der Waals surface area contributed by atoms with Gasteiger partial charge >= 0.3 is 0 Å². The topological polar surface area (TPSA) is 57.7 Å². The van der Waals surface area contributed by atoms with Gasteiger partial charge in [-0.3, -0.25) is 14.4 Å². The van der Waals surface area contributed by atoms with Crippen molar-refractivity contribution in [1.29, 1.82) is 0 Å². The van der Waals surface area contributed by atoms with Crippen molar-refractivity contribution in [2.75, 3.05) is 11.4 Å². The van der Waals surface area contributed by atoms with E-state index >= 15 is 0 Å². The Morgan fingerprint density at radius 3 is 2.17 bits per heavy atom. The predicted molar refractivity (Wildman–Crippen MR) is 115 cm³/mol. The summed E-state index contributed by atoms with van der Waals surface area (Å²) < 4.78 is 0. The first-order chi connectivity index (χ1) is 14.3. The van der Waals surface area contributed by atoms with Crippen LogP contribution in [0.3, 0.4) is 0 Å². The Balaban J connectivity index is 1.37. The monoisotopic (exact) mass is 402 g/mol. The number of hydrogen-bond acceptors (Lipinski definition) is 3. The van der Waals surface area contributed by atoms with Crippen molar-refractivity contribution in [3.63, 3.8) is 0 Å². The molecule has 1 saturated heterocycles. The number of fused-ring (bicyclic) bond motifs is 3. The van der Waals surface area contributed by atoms with Crippen molar-refractivity contribution in [3.8, 4) is 0 Å². The molecule has 0 N–H and O–H groups in total. The summed E-state index contributed by atoms with van der Waals surface area (Å²) in [6, 6.07) is 14.0. The highest BCUT2D eigenvalue weighted by Gasteiger charge is 2.49. The molecule has 0 aromatic heterocycles. The average Bonchev–Trinajstić information content (AvgIpc) is 3.23. The molecule has 5 heteroatoms. The van der Waals surface area contributed by atoms with E-state index in [0.717, 1.165) is 19.4 Å². The summed E-state index contributed by atoms with van der Waals surface area (Å²) in [5.41, 5.74) is 2.19. The first-order valence-corrected chi connectivity index (χ1v) is 10.7. The maximum Gasteiger partial charge on any atom is 0.266 e. The highest BCUT2D eigenvalue weighted by molar-refractivity contribution is 6.34. The van der Waals surface area contributed by atoms with E-state index in [1.165, 1.54) is 4.90 Å². The molecule has 2 bridgehead atoms. The van der Waals surface area contributed by atoms with Crippen molar-refractivity contribution < 1.29 is 14.4 Å². The fourth-order valence-corrected chi connectivity index (χ4v) is 5.53. The van der Waals surface area contributed by atoms with Crippen LogP contribution in [0.5, 0.6) is 0 Å². The molecule has 2 heterocycles. The lowest BCUT2D eigenvalue weighted by atomic mass is 9.65. The first kappa shape index (κ1) is 19.0. The molecule has 5 nitrogen and oxygen atoms in total. The molecule has 3 aliphatic rings. The van der Waals surface area contributed by atoms with Gasteiger partial charge < -0.3 is 4.90 Å². The van der Waals surface area contributed by atoms with Crippen LogP contribution in [0.1, 0.15) is 64.7 Å². The zero-order chi connectivity index (χ0) is 21.2. The largest absolute Gasteiger partial charge is 0.335 e. The van der Waals surface area contributed by atoms with Gasteiger partial charge in [-0.25, -0.2) is 4.90 Å². The van der Waals surface area contributed by atoms with E-state index in [4.69, 9.17) is 0 Å². The molecule has 0 spiro atoms.